The lowest BCUT2D eigenvalue weighted by Gasteiger charge is -2.20. The monoisotopic (exact) mass is 429 g/mol. The van der Waals surface area contributed by atoms with Crippen LogP contribution in [0.5, 0.6) is 0 Å². The lowest BCUT2D eigenvalue weighted by Crippen LogP contribution is -2.36. The second-order valence-corrected chi connectivity index (χ2v) is 8.23. The highest BCUT2D eigenvalue weighted by Crippen LogP contribution is 2.18. The average Bonchev–Trinajstić information content (AvgIpc) is 2.79. The summed E-state index contributed by atoms with van der Waals surface area (Å²) in [6.45, 7) is 7.77. The summed E-state index contributed by atoms with van der Waals surface area (Å²) in [5, 5.41) is 12.1. The predicted molar refractivity (Wildman–Crippen MR) is 125 cm³/mol. The number of amides is 1. The van der Waals surface area contributed by atoms with Gasteiger partial charge in [0.2, 0.25) is 0 Å². The molecule has 0 aliphatic rings. The van der Waals surface area contributed by atoms with Gasteiger partial charge in [0.05, 0.1) is 17.0 Å². The van der Waals surface area contributed by atoms with Crippen LogP contribution >= 0.6 is 0 Å². The smallest absolute Gasteiger partial charge is 0.267 e. The van der Waals surface area contributed by atoms with Gasteiger partial charge >= 0.3 is 0 Å². The van der Waals surface area contributed by atoms with Crippen LogP contribution in [0.15, 0.2) is 59.5 Å². The minimum absolute atomic E-state index is 0.0490. The van der Waals surface area contributed by atoms with E-state index in [1.54, 1.807) is 16.8 Å². The second-order valence-electron chi connectivity index (χ2n) is 8.23. The molecule has 2 N–H and O–H groups in total. The average molecular weight is 430 g/mol. The highest BCUT2D eigenvalue weighted by molar-refractivity contribution is 5.97. The van der Waals surface area contributed by atoms with Gasteiger partial charge in [-0.15, -0.1) is 0 Å². The van der Waals surface area contributed by atoms with Crippen LogP contribution in [0.4, 0.5) is 0 Å². The number of hydrogen-bond acceptors (Lipinski definition) is 4. The number of aromatic nitrogens is 3. The van der Waals surface area contributed by atoms with E-state index in [0.29, 0.717) is 16.7 Å². The molecular formula is C25H27N5O2. The molecule has 164 valence electrons. The van der Waals surface area contributed by atoms with Gasteiger partial charge in [0.1, 0.15) is 16.8 Å². The summed E-state index contributed by atoms with van der Waals surface area (Å²) >= 11 is 0. The Kier molecular flexibility index (Phi) is 5.65. The summed E-state index contributed by atoms with van der Waals surface area (Å²) in [4.78, 5) is 31.3. The van der Waals surface area contributed by atoms with Crippen LogP contribution in [-0.2, 0) is 0 Å². The maximum atomic E-state index is 13.3. The predicted octanol–water partition coefficient (Wildman–Crippen LogP) is 3.90. The summed E-state index contributed by atoms with van der Waals surface area (Å²) in [7, 11) is 0. The Bertz CT molecular complexity index is 1440. The van der Waals surface area contributed by atoms with Crippen LogP contribution < -0.4 is 16.4 Å². The zero-order valence-corrected chi connectivity index (χ0v) is 18.7. The van der Waals surface area contributed by atoms with E-state index < -0.39 is 0 Å². The van der Waals surface area contributed by atoms with Crippen LogP contribution in [0.3, 0.4) is 0 Å². The molecule has 4 rings (SSSR count). The molecule has 0 saturated heterocycles. The van der Waals surface area contributed by atoms with Gasteiger partial charge in [-0.25, -0.2) is 4.98 Å². The molecule has 0 fully saturated rings. The lowest BCUT2D eigenvalue weighted by atomic mass is 10.1. The Morgan fingerprint density at radius 1 is 1.16 bits per heavy atom. The van der Waals surface area contributed by atoms with Gasteiger partial charge in [-0.1, -0.05) is 43.3 Å². The van der Waals surface area contributed by atoms with E-state index in [1.165, 1.54) is 10.5 Å². The molecule has 0 unspecified atom stereocenters. The molecule has 3 aromatic heterocycles. The molecule has 0 radical (unpaired) electrons. The van der Waals surface area contributed by atoms with Gasteiger partial charge in [0.15, 0.2) is 0 Å². The fraction of sp³-hybridized carbons (Fsp3) is 0.280. The molecule has 1 aromatic carbocycles. The SMILES string of the molecule is CC[C@@H](C)n1c(=N)c(C(=O)N[C@H](C)c2ccccc2)cc2c(=O)n3cc(C)ccc3nc21. The van der Waals surface area contributed by atoms with Crippen molar-refractivity contribution in [2.45, 2.75) is 46.2 Å². The van der Waals surface area contributed by atoms with Crippen molar-refractivity contribution < 1.29 is 4.79 Å². The summed E-state index contributed by atoms with van der Waals surface area (Å²) in [5.41, 5.74) is 2.79. The zero-order valence-electron chi connectivity index (χ0n) is 18.7. The maximum absolute atomic E-state index is 13.3. The van der Waals surface area contributed by atoms with Gasteiger partial charge in [0.25, 0.3) is 11.5 Å². The third kappa shape index (κ3) is 3.70. The quantitative estimate of drug-likeness (QED) is 0.471. The number of rotatable bonds is 5. The summed E-state index contributed by atoms with van der Waals surface area (Å²) in [6.07, 6.45) is 2.47. The van der Waals surface area contributed by atoms with Crippen molar-refractivity contribution in [2.24, 2.45) is 0 Å². The van der Waals surface area contributed by atoms with Crippen molar-refractivity contribution in [3.8, 4) is 0 Å². The molecule has 0 spiro atoms. The van der Waals surface area contributed by atoms with Gasteiger partial charge in [-0.3, -0.25) is 19.4 Å². The normalized spacial score (nSPS) is 13.2. The minimum Gasteiger partial charge on any atom is -0.345 e. The van der Waals surface area contributed by atoms with Crippen molar-refractivity contribution in [1.29, 1.82) is 5.41 Å². The van der Waals surface area contributed by atoms with Crippen molar-refractivity contribution in [3.63, 3.8) is 0 Å². The number of benzene rings is 1. The van der Waals surface area contributed by atoms with E-state index in [0.717, 1.165) is 17.5 Å². The maximum Gasteiger partial charge on any atom is 0.267 e. The lowest BCUT2D eigenvalue weighted by molar-refractivity contribution is 0.0937. The van der Waals surface area contributed by atoms with Gasteiger partial charge < -0.3 is 9.88 Å². The first-order chi connectivity index (χ1) is 15.3. The standard InChI is InChI=1S/C25H27N5O2/c1-5-16(3)30-22(26)19(24(31)27-17(4)18-9-7-6-8-10-18)13-20-23(30)28-21-12-11-15(2)14-29(21)25(20)32/h6-14,16-17,26H,5H2,1-4H3,(H,27,31)/t16-,17-/m1/s1. The number of carbonyl (C=O) groups is 1. The van der Waals surface area contributed by atoms with Crippen LogP contribution in [-0.4, -0.2) is 19.9 Å². The third-order valence-corrected chi connectivity index (χ3v) is 5.92. The van der Waals surface area contributed by atoms with E-state index in [1.807, 2.05) is 64.1 Å². The van der Waals surface area contributed by atoms with Gasteiger partial charge in [0, 0.05) is 12.2 Å². The molecule has 0 aliphatic carbocycles. The number of pyridine rings is 2. The number of fused-ring (bicyclic) bond motifs is 2. The highest BCUT2D eigenvalue weighted by Gasteiger charge is 2.21. The van der Waals surface area contributed by atoms with Crippen LogP contribution in [0.2, 0.25) is 0 Å². The van der Waals surface area contributed by atoms with Gasteiger partial charge in [-0.05, 0) is 50.5 Å². The molecule has 7 heteroatoms. The molecule has 1 amide bonds. The Labute approximate surface area is 185 Å². The number of nitrogens with zero attached hydrogens (tertiary/aromatic N) is 3. The van der Waals surface area contributed by atoms with Crippen molar-refractivity contribution >= 4 is 22.6 Å². The summed E-state index contributed by atoms with van der Waals surface area (Å²) in [6, 6.07) is 14.5. The first kappa shape index (κ1) is 21.5. The third-order valence-electron chi connectivity index (χ3n) is 5.92. The Morgan fingerprint density at radius 3 is 2.56 bits per heavy atom. The molecule has 3 heterocycles. The molecule has 4 aromatic rings. The largest absolute Gasteiger partial charge is 0.345 e. The molecule has 0 saturated carbocycles. The number of carbonyl (C=O) groups excluding carboxylic acids is 1. The second kappa shape index (κ2) is 8.42. The van der Waals surface area contributed by atoms with Crippen LogP contribution in [0.25, 0.3) is 16.7 Å². The Balaban J connectivity index is 1.93. The van der Waals surface area contributed by atoms with E-state index in [9.17, 15) is 9.59 Å². The first-order valence-corrected chi connectivity index (χ1v) is 10.8. The topological polar surface area (TPSA) is 92.2 Å². The van der Waals surface area contributed by atoms with E-state index in [-0.39, 0.29) is 34.6 Å². The highest BCUT2D eigenvalue weighted by atomic mass is 16.2. The fourth-order valence-corrected chi connectivity index (χ4v) is 3.89. The zero-order chi connectivity index (χ0) is 23.0. The van der Waals surface area contributed by atoms with Crippen molar-refractivity contribution in [3.05, 3.63) is 87.3 Å². The molecule has 0 bridgehead atoms. The van der Waals surface area contributed by atoms with Crippen molar-refractivity contribution in [2.75, 3.05) is 0 Å². The summed E-state index contributed by atoms with van der Waals surface area (Å²) < 4.78 is 3.19. The fourth-order valence-electron chi connectivity index (χ4n) is 3.89. The van der Waals surface area contributed by atoms with E-state index >= 15 is 0 Å². The first-order valence-electron chi connectivity index (χ1n) is 10.8. The molecule has 32 heavy (non-hydrogen) atoms. The van der Waals surface area contributed by atoms with E-state index in [4.69, 9.17) is 10.4 Å². The number of nitrogens with one attached hydrogen (secondary N) is 2. The van der Waals surface area contributed by atoms with Crippen LogP contribution in [0.1, 0.15) is 60.8 Å². The van der Waals surface area contributed by atoms with Gasteiger partial charge in [-0.2, -0.15) is 0 Å². The van der Waals surface area contributed by atoms with Crippen molar-refractivity contribution in [1.82, 2.24) is 19.3 Å². The Morgan fingerprint density at radius 2 is 1.88 bits per heavy atom. The number of hydrogen-bond donors (Lipinski definition) is 2. The minimum atomic E-state index is -0.390. The molecule has 7 nitrogen and oxygen atoms in total. The van der Waals surface area contributed by atoms with E-state index in [2.05, 4.69) is 5.32 Å². The molecular weight excluding hydrogens is 402 g/mol. The van der Waals surface area contributed by atoms with Crippen LogP contribution in [0, 0.1) is 12.3 Å². The Hall–Kier alpha value is -3.74. The summed E-state index contributed by atoms with van der Waals surface area (Å²) in [5.74, 6) is -0.390. The molecule has 0 aliphatic heterocycles. The number of aryl methyl sites for hydroxylation is 1. The molecule has 2 atom stereocenters.